The highest BCUT2D eigenvalue weighted by atomic mass is 16.6. The molecule has 1 amide bonds. The predicted molar refractivity (Wildman–Crippen MR) is 93.0 cm³/mol. The second kappa shape index (κ2) is 6.16. The van der Waals surface area contributed by atoms with Crippen LogP contribution in [-0.2, 0) is 0 Å². The van der Waals surface area contributed by atoms with Gasteiger partial charge in [0.25, 0.3) is 11.6 Å². The number of carbonyl (C=O) groups excluding carboxylic acids is 1. The van der Waals surface area contributed by atoms with Crippen LogP contribution in [0.1, 0.15) is 21.5 Å². The van der Waals surface area contributed by atoms with Gasteiger partial charge in [-0.3, -0.25) is 14.9 Å². The van der Waals surface area contributed by atoms with E-state index in [0.717, 1.165) is 16.8 Å². The Hall–Kier alpha value is -3.15. The zero-order valence-corrected chi connectivity index (χ0v) is 13.4. The molecule has 1 unspecified atom stereocenters. The largest absolute Gasteiger partial charge is 0.351 e. The van der Waals surface area contributed by atoms with E-state index in [4.69, 9.17) is 0 Å². The van der Waals surface area contributed by atoms with Crippen molar-refractivity contribution in [1.29, 1.82) is 0 Å². The van der Waals surface area contributed by atoms with E-state index in [-0.39, 0.29) is 17.8 Å². The van der Waals surface area contributed by atoms with Crippen LogP contribution in [0.2, 0.25) is 0 Å². The molecular weight excluding hydrogens is 306 g/mol. The van der Waals surface area contributed by atoms with Crippen LogP contribution in [0.3, 0.4) is 0 Å². The highest BCUT2D eigenvalue weighted by Crippen LogP contribution is 2.30. The molecule has 1 aliphatic rings. The van der Waals surface area contributed by atoms with E-state index in [1.165, 1.54) is 12.1 Å². The van der Waals surface area contributed by atoms with Crippen molar-refractivity contribution < 1.29 is 9.72 Å². The molecule has 0 saturated carbocycles. The molecule has 3 rings (SSSR count). The number of amides is 1. The third-order valence-electron chi connectivity index (χ3n) is 4.07. The Labute approximate surface area is 139 Å². The summed E-state index contributed by atoms with van der Waals surface area (Å²) < 4.78 is 0. The number of carbonyl (C=O) groups is 1. The van der Waals surface area contributed by atoms with Gasteiger partial charge in [-0.05, 0) is 31.2 Å². The second-order valence-corrected chi connectivity index (χ2v) is 5.75. The minimum Gasteiger partial charge on any atom is -0.351 e. The Balaban J connectivity index is 1.79. The molecule has 0 aliphatic carbocycles. The molecule has 24 heavy (non-hydrogen) atoms. The van der Waals surface area contributed by atoms with E-state index in [1.54, 1.807) is 24.3 Å². The highest BCUT2D eigenvalue weighted by molar-refractivity contribution is 5.95. The number of anilines is 1. The molecule has 1 atom stereocenters. The topological polar surface area (TPSA) is 75.5 Å². The number of nitro groups is 1. The van der Waals surface area contributed by atoms with Gasteiger partial charge in [-0.15, -0.1) is 0 Å². The minimum absolute atomic E-state index is 0.0499. The molecule has 1 aliphatic heterocycles. The van der Waals surface area contributed by atoms with Crippen molar-refractivity contribution in [1.82, 2.24) is 5.32 Å². The maximum absolute atomic E-state index is 12.4. The first-order valence-electron chi connectivity index (χ1n) is 7.53. The summed E-state index contributed by atoms with van der Waals surface area (Å²) in [5.74, 6) is -0.165. The van der Waals surface area contributed by atoms with E-state index in [1.807, 2.05) is 37.1 Å². The Morgan fingerprint density at radius 1 is 1.21 bits per heavy atom. The first-order valence-corrected chi connectivity index (χ1v) is 7.53. The maximum Gasteiger partial charge on any atom is 0.270 e. The van der Waals surface area contributed by atoms with Crippen molar-refractivity contribution in [3.63, 3.8) is 0 Å². The highest BCUT2D eigenvalue weighted by Gasteiger charge is 2.22. The van der Waals surface area contributed by atoms with Crippen LogP contribution in [0, 0.1) is 17.0 Å². The number of likely N-dealkylation sites (N-methyl/N-ethyl adjacent to an activating group) is 1. The van der Waals surface area contributed by atoms with Gasteiger partial charge in [0.15, 0.2) is 0 Å². The molecule has 0 radical (unpaired) electrons. The molecule has 0 fully saturated rings. The Bertz CT molecular complexity index is 828. The van der Waals surface area contributed by atoms with E-state index in [9.17, 15) is 14.9 Å². The molecule has 2 aromatic carbocycles. The lowest BCUT2D eigenvalue weighted by molar-refractivity contribution is -0.384. The van der Waals surface area contributed by atoms with Crippen molar-refractivity contribution in [3.8, 4) is 0 Å². The van der Waals surface area contributed by atoms with Crippen molar-refractivity contribution >= 4 is 23.4 Å². The van der Waals surface area contributed by atoms with Crippen LogP contribution in [0.25, 0.3) is 6.08 Å². The summed E-state index contributed by atoms with van der Waals surface area (Å²) in [6, 6.07) is 12.0. The van der Waals surface area contributed by atoms with Gasteiger partial charge in [0, 0.05) is 36.0 Å². The number of non-ortho nitro benzene ring substituents is 1. The van der Waals surface area contributed by atoms with E-state index in [0.29, 0.717) is 5.56 Å². The predicted octanol–water partition coefficient (Wildman–Crippen LogP) is 3.12. The van der Waals surface area contributed by atoms with Gasteiger partial charge >= 0.3 is 0 Å². The fourth-order valence-corrected chi connectivity index (χ4v) is 2.65. The first-order chi connectivity index (χ1) is 11.5. The number of nitro benzene ring substituents is 1. The van der Waals surface area contributed by atoms with Crippen molar-refractivity contribution in [3.05, 3.63) is 75.3 Å². The molecule has 0 bridgehead atoms. The minimum atomic E-state index is -0.417. The summed E-state index contributed by atoms with van der Waals surface area (Å²) in [5, 5.41) is 13.8. The molecule has 6 heteroatoms. The molecule has 0 aromatic heterocycles. The molecule has 0 spiro atoms. The number of rotatable bonds is 3. The van der Waals surface area contributed by atoms with Crippen molar-refractivity contribution in [2.45, 2.75) is 13.1 Å². The standard InChI is InChI=1S/C18H17N3O3/c1-12-3-5-13(6-4-12)18(22)19-17-10-7-14-11-15(21(23)24)8-9-16(14)20(17)2/h3-11,17H,1-2H3,(H,19,22). The maximum atomic E-state index is 12.4. The smallest absolute Gasteiger partial charge is 0.270 e. The number of fused-ring (bicyclic) bond motifs is 1. The summed E-state index contributed by atoms with van der Waals surface area (Å²) in [5.41, 5.74) is 3.33. The zero-order valence-electron chi connectivity index (χ0n) is 13.4. The SMILES string of the molecule is Cc1ccc(C(=O)NC2C=Cc3cc([N+](=O)[O-])ccc3N2C)cc1. The summed E-state index contributed by atoms with van der Waals surface area (Å²) in [6.07, 6.45) is 3.30. The van der Waals surface area contributed by atoms with Gasteiger partial charge in [0.1, 0.15) is 6.17 Å². The van der Waals surface area contributed by atoms with E-state index < -0.39 is 4.92 Å². The van der Waals surface area contributed by atoms with E-state index in [2.05, 4.69) is 5.32 Å². The van der Waals surface area contributed by atoms with Gasteiger partial charge in [-0.2, -0.15) is 0 Å². The van der Waals surface area contributed by atoms with Gasteiger partial charge < -0.3 is 10.2 Å². The summed E-state index contributed by atoms with van der Waals surface area (Å²) in [6.45, 7) is 1.97. The van der Waals surface area contributed by atoms with Crippen LogP contribution in [-0.4, -0.2) is 24.0 Å². The Morgan fingerprint density at radius 3 is 2.58 bits per heavy atom. The van der Waals surface area contributed by atoms with Gasteiger partial charge in [0.05, 0.1) is 4.92 Å². The van der Waals surface area contributed by atoms with Gasteiger partial charge in [0.2, 0.25) is 0 Å². The molecule has 1 N–H and O–H groups in total. The zero-order chi connectivity index (χ0) is 17.3. The average Bonchev–Trinajstić information content (AvgIpc) is 2.57. The fourth-order valence-electron chi connectivity index (χ4n) is 2.65. The molecule has 1 heterocycles. The number of nitrogens with one attached hydrogen (secondary N) is 1. The Kier molecular flexibility index (Phi) is 4.04. The number of nitrogens with zero attached hydrogens (tertiary/aromatic N) is 2. The number of hydrogen-bond acceptors (Lipinski definition) is 4. The molecule has 6 nitrogen and oxygen atoms in total. The summed E-state index contributed by atoms with van der Waals surface area (Å²) in [4.78, 5) is 24.7. The third-order valence-corrected chi connectivity index (χ3v) is 4.07. The molecule has 2 aromatic rings. The molecule has 122 valence electrons. The van der Waals surface area contributed by atoms with Crippen LogP contribution in [0.15, 0.2) is 48.5 Å². The lowest BCUT2D eigenvalue weighted by Gasteiger charge is -2.32. The van der Waals surface area contributed by atoms with Crippen LogP contribution in [0.5, 0.6) is 0 Å². The van der Waals surface area contributed by atoms with Crippen LogP contribution >= 0.6 is 0 Å². The first kappa shape index (κ1) is 15.7. The van der Waals surface area contributed by atoms with Crippen molar-refractivity contribution in [2.24, 2.45) is 0 Å². The summed E-state index contributed by atoms with van der Waals surface area (Å²) >= 11 is 0. The number of benzene rings is 2. The number of hydrogen-bond donors (Lipinski definition) is 1. The monoisotopic (exact) mass is 323 g/mol. The van der Waals surface area contributed by atoms with E-state index >= 15 is 0 Å². The Morgan fingerprint density at radius 2 is 1.92 bits per heavy atom. The average molecular weight is 323 g/mol. The van der Waals surface area contributed by atoms with Crippen LogP contribution in [0.4, 0.5) is 11.4 Å². The lowest BCUT2D eigenvalue weighted by Crippen LogP contribution is -2.46. The normalized spacial score (nSPS) is 15.8. The molecular formula is C18H17N3O3. The number of aryl methyl sites for hydroxylation is 1. The summed E-state index contributed by atoms with van der Waals surface area (Å²) in [7, 11) is 1.84. The van der Waals surface area contributed by atoms with Crippen LogP contribution < -0.4 is 10.2 Å². The van der Waals surface area contributed by atoms with Gasteiger partial charge in [-0.25, -0.2) is 0 Å². The third kappa shape index (κ3) is 2.99. The van der Waals surface area contributed by atoms with Gasteiger partial charge in [-0.1, -0.05) is 23.8 Å². The van der Waals surface area contributed by atoms with Crippen molar-refractivity contribution in [2.75, 3.05) is 11.9 Å². The fraction of sp³-hybridized carbons (Fsp3) is 0.167. The quantitative estimate of drug-likeness (QED) is 0.695. The second-order valence-electron chi connectivity index (χ2n) is 5.75. The molecule has 0 saturated heterocycles. The lowest BCUT2D eigenvalue weighted by atomic mass is 10.1.